The average molecular weight is 457 g/mol. The molecule has 1 N–H and O–H groups in total. The summed E-state index contributed by atoms with van der Waals surface area (Å²) in [5.74, 6) is -1.88. The fourth-order valence-corrected chi connectivity index (χ4v) is 4.80. The molecule has 1 atom stereocenters. The molecule has 0 amide bonds. The summed E-state index contributed by atoms with van der Waals surface area (Å²) in [5.41, 5.74) is -1.65. The highest BCUT2D eigenvalue weighted by molar-refractivity contribution is 7.85. The van der Waals surface area contributed by atoms with E-state index in [2.05, 4.69) is 0 Å². The van der Waals surface area contributed by atoms with Gasteiger partial charge in [-0.2, -0.15) is 13.2 Å². The molecule has 1 aliphatic heterocycles. The van der Waals surface area contributed by atoms with Crippen molar-refractivity contribution in [3.63, 3.8) is 0 Å². The molecule has 0 bridgehead atoms. The lowest BCUT2D eigenvalue weighted by atomic mass is 10.1. The highest BCUT2D eigenvalue weighted by atomic mass is 32.2. The Morgan fingerprint density at radius 1 is 1.19 bits per heavy atom. The van der Waals surface area contributed by atoms with Crippen LogP contribution >= 0.6 is 0 Å². The predicted molar refractivity (Wildman–Crippen MR) is 106 cm³/mol. The van der Waals surface area contributed by atoms with Crippen LogP contribution < -0.4 is 9.64 Å². The van der Waals surface area contributed by atoms with Gasteiger partial charge in [0.15, 0.2) is 0 Å². The molecule has 2 aromatic rings. The molecule has 1 aliphatic carbocycles. The van der Waals surface area contributed by atoms with Gasteiger partial charge in [0.2, 0.25) is 0 Å². The molecular formula is C21H19F4NO4S. The lowest BCUT2D eigenvalue weighted by Gasteiger charge is -2.26. The zero-order valence-corrected chi connectivity index (χ0v) is 17.1. The van der Waals surface area contributed by atoms with Crippen LogP contribution in [0.3, 0.4) is 0 Å². The lowest BCUT2D eigenvalue weighted by molar-refractivity contribution is -0.144. The van der Waals surface area contributed by atoms with E-state index in [1.54, 1.807) is 4.90 Å². The van der Waals surface area contributed by atoms with Crippen molar-refractivity contribution < 1.29 is 36.4 Å². The molecule has 1 heterocycles. The van der Waals surface area contributed by atoms with Crippen LogP contribution in [0, 0.1) is 11.2 Å². The van der Waals surface area contributed by atoms with Crippen molar-refractivity contribution in [3.8, 4) is 5.75 Å². The van der Waals surface area contributed by atoms with Crippen molar-refractivity contribution in [2.75, 3.05) is 23.8 Å². The minimum Gasteiger partial charge on any atom is -0.492 e. The number of fused-ring (bicyclic) bond motifs is 1. The number of nitrogens with zero attached hydrogens (tertiary/aromatic N) is 1. The third kappa shape index (κ3) is 4.26. The Morgan fingerprint density at radius 3 is 2.45 bits per heavy atom. The van der Waals surface area contributed by atoms with Crippen LogP contribution in [0.1, 0.15) is 24.8 Å². The SMILES string of the molecule is O=C(O)C1(COc2cc3c(cc2C(F)(F)F)N(c2ccc(F)cc2)CCCS3=O)CC1. The summed E-state index contributed by atoms with van der Waals surface area (Å²) in [6, 6.07) is 7.31. The molecule has 2 aromatic carbocycles. The second kappa shape index (κ2) is 7.81. The van der Waals surface area contributed by atoms with Crippen molar-refractivity contribution >= 4 is 28.1 Å². The van der Waals surface area contributed by atoms with E-state index in [0.29, 0.717) is 31.5 Å². The van der Waals surface area contributed by atoms with Gasteiger partial charge in [0.1, 0.15) is 23.6 Å². The van der Waals surface area contributed by atoms with E-state index in [9.17, 15) is 31.7 Å². The van der Waals surface area contributed by atoms with Crippen LogP contribution in [-0.4, -0.2) is 34.2 Å². The Morgan fingerprint density at radius 2 is 1.87 bits per heavy atom. The molecule has 1 unspecified atom stereocenters. The van der Waals surface area contributed by atoms with E-state index in [1.807, 2.05) is 0 Å². The van der Waals surface area contributed by atoms with Crippen molar-refractivity contribution in [2.45, 2.75) is 30.3 Å². The summed E-state index contributed by atoms with van der Waals surface area (Å²) in [7, 11) is -1.57. The van der Waals surface area contributed by atoms with Gasteiger partial charge in [-0.1, -0.05) is 0 Å². The topological polar surface area (TPSA) is 66.8 Å². The van der Waals surface area contributed by atoms with E-state index in [4.69, 9.17) is 4.74 Å². The van der Waals surface area contributed by atoms with E-state index in [0.717, 1.165) is 12.1 Å². The summed E-state index contributed by atoms with van der Waals surface area (Å²) in [4.78, 5) is 13.1. The first kappa shape index (κ1) is 21.6. The van der Waals surface area contributed by atoms with Crippen LogP contribution in [0.5, 0.6) is 5.75 Å². The molecule has 1 fully saturated rings. The van der Waals surface area contributed by atoms with Crippen molar-refractivity contribution in [1.29, 1.82) is 0 Å². The van der Waals surface area contributed by atoms with Gasteiger partial charge in [-0.05, 0) is 55.7 Å². The minimum absolute atomic E-state index is 0.112. The number of aliphatic carboxylic acids is 1. The number of rotatable bonds is 5. The second-order valence-electron chi connectivity index (χ2n) is 7.72. The Labute approximate surface area is 178 Å². The number of hydrogen-bond acceptors (Lipinski definition) is 4. The molecule has 0 aromatic heterocycles. The molecule has 1 saturated carbocycles. The first-order chi connectivity index (χ1) is 14.6. The molecule has 166 valence electrons. The number of alkyl halides is 3. The Bertz CT molecular complexity index is 1030. The van der Waals surface area contributed by atoms with Crippen molar-refractivity contribution in [1.82, 2.24) is 0 Å². The molecule has 4 rings (SSSR count). The number of hydrogen-bond donors (Lipinski definition) is 1. The highest BCUT2D eigenvalue weighted by Gasteiger charge is 2.51. The Balaban J connectivity index is 1.79. The van der Waals surface area contributed by atoms with E-state index >= 15 is 0 Å². The fourth-order valence-electron chi connectivity index (χ4n) is 3.54. The second-order valence-corrected chi connectivity index (χ2v) is 9.26. The molecule has 10 heteroatoms. The normalized spacial score (nSPS) is 20.0. The minimum atomic E-state index is -4.77. The van der Waals surface area contributed by atoms with Gasteiger partial charge in [0.25, 0.3) is 0 Å². The molecule has 0 spiro atoms. The fraction of sp³-hybridized carbons (Fsp3) is 0.381. The van der Waals surface area contributed by atoms with Crippen LogP contribution in [0.15, 0.2) is 41.3 Å². The summed E-state index contributed by atoms with van der Waals surface area (Å²) in [5, 5.41) is 9.28. The zero-order valence-electron chi connectivity index (χ0n) is 16.2. The number of benzene rings is 2. The molecule has 0 saturated heterocycles. The van der Waals surface area contributed by atoms with Crippen LogP contribution in [-0.2, 0) is 21.8 Å². The van der Waals surface area contributed by atoms with Gasteiger partial charge in [-0.25, -0.2) is 4.39 Å². The molecule has 0 radical (unpaired) electrons. The maximum Gasteiger partial charge on any atom is 0.420 e. The van der Waals surface area contributed by atoms with Gasteiger partial charge >= 0.3 is 12.1 Å². The molecular weight excluding hydrogens is 438 g/mol. The van der Waals surface area contributed by atoms with Crippen molar-refractivity contribution in [2.24, 2.45) is 5.41 Å². The maximum atomic E-state index is 13.9. The number of ether oxygens (including phenoxy) is 1. The van der Waals surface area contributed by atoms with Gasteiger partial charge in [0, 0.05) is 18.0 Å². The summed E-state index contributed by atoms with van der Waals surface area (Å²) in [6.45, 7) is -0.0808. The Hall–Kier alpha value is -2.62. The molecule has 5 nitrogen and oxygen atoms in total. The Kier molecular flexibility index (Phi) is 5.45. The largest absolute Gasteiger partial charge is 0.492 e. The van der Waals surface area contributed by atoms with Gasteiger partial charge in [0.05, 0.1) is 26.9 Å². The van der Waals surface area contributed by atoms with Gasteiger partial charge in [-0.15, -0.1) is 0 Å². The lowest BCUT2D eigenvalue weighted by Crippen LogP contribution is -2.24. The van der Waals surface area contributed by atoms with Gasteiger partial charge in [-0.3, -0.25) is 9.00 Å². The number of carboxylic acids is 1. The first-order valence-corrected chi connectivity index (χ1v) is 11.0. The standard InChI is InChI=1S/C21H19F4NO4S/c22-13-2-4-14(5-3-13)26-8-1-9-31(29)18-11-17(15(10-16(18)26)21(23,24)25)30-12-20(6-7-20)19(27)28/h2-5,10-11H,1,6-9,12H2,(H,27,28). The van der Waals surface area contributed by atoms with Crippen LogP contribution in [0.25, 0.3) is 0 Å². The number of anilines is 2. The first-order valence-electron chi connectivity index (χ1n) is 9.64. The summed E-state index contributed by atoms with van der Waals surface area (Å²) in [6.07, 6.45) is -3.65. The third-order valence-electron chi connectivity index (χ3n) is 5.56. The molecule has 31 heavy (non-hydrogen) atoms. The average Bonchev–Trinajstić information content (AvgIpc) is 3.51. The zero-order chi connectivity index (χ0) is 22.4. The van der Waals surface area contributed by atoms with E-state index < -0.39 is 52.1 Å². The monoisotopic (exact) mass is 457 g/mol. The van der Waals surface area contributed by atoms with E-state index in [1.165, 1.54) is 24.3 Å². The maximum absolute atomic E-state index is 13.9. The number of carboxylic acid groups (broad SMARTS) is 1. The van der Waals surface area contributed by atoms with Crippen LogP contribution in [0.2, 0.25) is 0 Å². The third-order valence-corrected chi connectivity index (χ3v) is 7.04. The van der Waals surface area contributed by atoms with Crippen molar-refractivity contribution in [3.05, 3.63) is 47.8 Å². The number of carbonyl (C=O) groups is 1. The predicted octanol–water partition coefficient (Wildman–Crippen LogP) is 4.74. The number of halogens is 4. The summed E-state index contributed by atoms with van der Waals surface area (Å²) >= 11 is 0. The highest BCUT2D eigenvalue weighted by Crippen LogP contribution is 2.48. The van der Waals surface area contributed by atoms with E-state index in [-0.39, 0.29) is 16.3 Å². The quantitative estimate of drug-likeness (QED) is 0.658. The van der Waals surface area contributed by atoms with Gasteiger partial charge < -0.3 is 14.7 Å². The molecule has 2 aliphatic rings. The summed E-state index contributed by atoms with van der Waals surface area (Å²) < 4.78 is 73.0. The smallest absolute Gasteiger partial charge is 0.420 e. The van der Waals surface area contributed by atoms with Crippen LogP contribution in [0.4, 0.5) is 28.9 Å².